The van der Waals surface area contributed by atoms with Gasteiger partial charge in [0.2, 0.25) is 11.6 Å². The van der Waals surface area contributed by atoms with Gasteiger partial charge in [0, 0.05) is 36.9 Å². The standard InChI is InChI=1S/C22H22ClN7O4/c1-34-18-8-3-2-7-17(18)22(31)27-26-20-19(30(32)33)21(25-14-24-20)29-11-9-28(10-12-29)16-6-4-5-15(23)13-16/h2-8,13-14H,9-12H2,1H3,(H,27,31)(H,24,25,26). The molecule has 1 aliphatic heterocycles. The van der Waals surface area contributed by atoms with Gasteiger partial charge in [-0.15, -0.1) is 0 Å². The van der Waals surface area contributed by atoms with Gasteiger partial charge in [0.05, 0.1) is 17.6 Å². The first-order valence-corrected chi connectivity index (χ1v) is 10.8. The Morgan fingerprint density at radius 1 is 1.09 bits per heavy atom. The summed E-state index contributed by atoms with van der Waals surface area (Å²) in [5.41, 5.74) is 5.95. The average molecular weight is 484 g/mol. The Balaban J connectivity index is 1.49. The summed E-state index contributed by atoms with van der Waals surface area (Å²) in [5.74, 6) is -0.0883. The molecular formula is C22H22ClN7O4. The number of hydrogen-bond donors (Lipinski definition) is 2. The van der Waals surface area contributed by atoms with E-state index in [1.54, 1.807) is 24.3 Å². The summed E-state index contributed by atoms with van der Waals surface area (Å²) in [7, 11) is 1.45. The zero-order valence-corrected chi connectivity index (χ0v) is 19.0. The fourth-order valence-electron chi connectivity index (χ4n) is 3.73. The third-order valence-electron chi connectivity index (χ3n) is 5.38. The van der Waals surface area contributed by atoms with Crippen molar-refractivity contribution >= 4 is 40.5 Å². The van der Waals surface area contributed by atoms with Crippen molar-refractivity contribution in [1.29, 1.82) is 0 Å². The van der Waals surface area contributed by atoms with Crippen molar-refractivity contribution in [2.75, 3.05) is 48.5 Å². The fourth-order valence-corrected chi connectivity index (χ4v) is 3.91. The van der Waals surface area contributed by atoms with E-state index in [4.69, 9.17) is 16.3 Å². The first-order chi connectivity index (χ1) is 16.5. The predicted octanol–water partition coefficient (Wildman–Crippen LogP) is 3.13. The van der Waals surface area contributed by atoms with E-state index in [0.29, 0.717) is 37.0 Å². The number of carbonyl (C=O) groups excluding carboxylic acids is 1. The van der Waals surface area contributed by atoms with E-state index in [2.05, 4.69) is 25.7 Å². The SMILES string of the molecule is COc1ccccc1C(=O)NNc1ncnc(N2CCN(c3cccc(Cl)c3)CC2)c1[N+](=O)[O-]. The summed E-state index contributed by atoms with van der Waals surface area (Å²) >= 11 is 6.10. The van der Waals surface area contributed by atoms with Gasteiger partial charge in [-0.1, -0.05) is 29.8 Å². The number of hydrogen-bond acceptors (Lipinski definition) is 9. The number of para-hydroxylation sites is 1. The molecule has 0 saturated carbocycles. The van der Waals surface area contributed by atoms with E-state index in [-0.39, 0.29) is 22.9 Å². The van der Waals surface area contributed by atoms with Crippen molar-refractivity contribution < 1.29 is 14.5 Å². The minimum atomic E-state index is -0.559. The van der Waals surface area contributed by atoms with Crippen molar-refractivity contribution in [3.8, 4) is 5.75 Å². The first-order valence-electron chi connectivity index (χ1n) is 10.4. The normalized spacial score (nSPS) is 13.4. The molecule has 1 saturated heterocycles. The number of carbonyl (C=O) groups is 1. The molecule has 1 amide bonds. The lowest BCUT2D eigenvalue weighted by molar-refractivity contribution is -0.383. The van der Waals surface area contributed by atoms with Crippen LogP contribution >= 0.6 is 11.6 Å². The number of halogens is 1. The number of rotatable bonds is 7. The van der Waals surface area contributed by atoms with E-state index in [0.717, 1.165) is 5.69 Å². The van der Waals surface area contributed by atoms with Crippen molar-refractivity contribution in [2.24, 2.45) is 0 Å². The van der Waals surface area contributed by atoms with Gasteiger partial charge < -0.3 is 14.5 Å². The second kappa shape index (κ2) is 10.2. The molecule has 0 aliphatic carbocycles. The quantitative estimate of drug-likeness (QED) is 0.385. The lowest BCUT2D eigenvalue weighted by Crippen LogP contribution is -2.47. The van der Waals surface area contributed by atoms with Gasteiger partial charge in [0.25, 0.3) is 5.91 Å². The van der Waals surface area contributed by atoms with Gasteiger partial charge in [0.15, 0.2) is 0 Å². The highest BCUT2D eigenvalue weighted by Gasteiger charge is 2.30. The second-order valence-electron chi connectivity index (χ2n) is 7.38. The smallest absolute Gasteiger partial charge is 0.355 e. The number of nitro groups is 1. The molecule has 34 heavy (non-hydrogen) atoms. The summed E-state index contributed by atoms with van der Waals surface area (Å²) in [4.78, 5) is 36.1. The summed E-state index contributed by atoms with van der Waals surface area (Å²) in [6.45, 7) is 2.29. The van der Waals surface area contributed by atoms with Gasteiger partial charge in [-0.25, -0.2) is 9.97 Å². The molecule has 0 atom stereocenters. The van der Waals surface area contributed by atoms with Crippen LogP contribution in [0.15, 0.2) is 54.9 Å². The van der Waals surface area contributed by atoms with Crippen molar-refractivity contribution in [3.63, 3.8) is 0 Å². The molecule has 0 radical (unpaired) electrons. The molecule has 176 valence electrons. The number of nitrogens with zero attached hydrogens (tertiary/aromatic N) is 5. The highest BCUT2D eigenvalue weighted by atomic mass is 35.5. The number of aromatic nitrogens is 2. The number of nitrogens with one attached hydrogen (secondary N) is 2. The molecule has 12 heteroatoms. The van der Waals surface area contributed by atoms with Crippen LogP contribution in [0.25, 0.3) is 0 Å². The van der Waals surface area contributed by atoms with Crippen LogP contribution in [-0.2, 0) is 0 Å². The Bertz CT molecular complexity index is 1200. The molecule has 2 heterocycles. The number of benzene rings is 2. The molecule has 1 aliphatic rings. The zero-order chi connectivity index (χ0) is 24.1. The second-order valence-corrected chi connectivity index (χ2v) is 7.82. The van der Waals surface area contributed by atoms with Crippen molar-refractivity contribution in [1.82, 2.24) is 15.4 Å². The fraction of sp³-hybridized carbons (Fsp3) is 0.227. The molecule has 11 nitrogen and oxygen atoms in total. The Kier molecular flexibility index (Phi) is 6.93. The van der Waals surface area contributed by atoms with E-state index in [1.165, 1.54) is 13.4 Å². The van der Waals surface area contributed by atoms with Gasteiger partial charge in [-0.3, -0.25) is 25.8 Å². The number of piperazine rings is 1. The van der Waals surface area contributed by atoms with Crippen LogP contribution in [0.2, 0.25) is 5.02 Å². The van der Waals surface area contributed by atoms with Crippen LogP contribution in [0, 0.1) is 10.1 Å². The number of anilines is 3. The van der Waals surface area contributed by atoms with Crippen molar-refractivity contribution in [2.45, 2.75) is 0 Å². The van der Waals surface area contributed by atoms with E-state index < -0.39 is 10.8 Å². The molecule has 2 N–H and O–H groups in total. The van der Waals surface area contributed by atoms with Gasteiger partial charge in [-0.05, 0) is 30.3 Å². The molecule has 4 rings (SSSR count). The highest BCUT2D eigenvalue weighted by molar-refractivity contribution is 6.30. The lowest BCUT2D eigenvalue weighted by Gasteiger charge is -2.36. The minimum absolute atomic E-state index is 0.115. The molecule has 0 unspecified atom stereocenters. The summed E-state index contributed by atoms with van der Waals surface area (Å²) in [5, 5.41) is 12.6. The van der Waals surface area contributed by atoms with Crippen LogP contribution in [-0.4, -0.2) is 54.1 Å². The Morgan fingerprint density at radius 3 is 2.53 bits per heavy atom. The van der Waals surface area contributed by atoms with E-state index in [9.17, 15) is 14.9 Å². The maximum absolute atomic E-state index is 12.6. The zero-order valence-electron chi connectivity index (χ0n) is 18.3. The summed E-state index contributed by atoms with van der Waals surface area (Å²) in [6.07, 6.45) is 1.23. The van der Waals surface area contributed by atoms with Crippen LogP contribution in [0.5, 0.6) is 5.75 Å². The minimum Gasteiger partial charge on any atom is -0.496 e. The number of ether oxygens (including phenoxy) is 1. The Labute approximate surface area is 200 Å². The maximum Gasteiger partial charge on any atom is 0.355 e. The van der Waals surface area contributed by atoms with Crippen LogP contribution < -0.4 is 25.4 Å². The predicted molar refractivity (Wildman–Crippen MR) is 129 cm³/mol. The van der Waals surface area contributed by atoms with Gasteiger partial charge in [-0.2, -0.15) is 0 Å². The topological polar surface area (TPSA) is 126 Å². The number of amides is 1. The largest absolute Gasteiger partial charge is 0.496 e. The molecular weight excluding hydrogens is 462 g/mol. The Morgan fingerprint density at radius 2 is 1.82 bits per heavy atom. The van der Waals surface area contributed by atoms with Crippen LogP contribution in [0.3, 0.4) is 0 Å². The third-order valence-corrected chi connectivity index (χ3v) is 5.62. The van der Waals surface area contributed by atoms with Gasteiger partial charge >= 0.3 is 5.69 Å². The summed E-state index contributed by atoms with van der Waals surface area (Å²) in [6, 6.07) is 14.2. The molecule has 3 aromatic rings. The molecule has 0 bridgehead atoms. The van der Waals surface area contributed by atoms with Gasteiger partial charge in [0.1, 0.15) is 12.1 Å². The Hall–Kier alpha value is -4.12. The average Bonchev–Trinajstić information content (AvgIpc) is 2.87. The lowest BCUT2D eigenvalue weighted by atomic mass is 10.2. The monoisotopic (exact) mass is 483 g/mol. The molecule has 1 aromatic heterocycles. The van der Waals surface area contributed by atoms with Crippen LogP contribution in [0.1, 0.15) is 10.4 Å². The molecule has 2 aromatic carbocycles. The summed E-state index contributed by atoms with van der Waals surface area (Å²) < 4.78 is 5.19. The van der Waals surface area contributed by atoms with E-state index in [1.807, 2.05) is 29.2 Å². The molecule has 0 spiro atoms. The van der Waals surface area contributed by atoms with E-state index >= 15 is 0 Å². The maximum atomic E-state index is 12.6. The first kappa shape index (κ1) is 23.1. The highest BCUT2D eigenvalue weighted by Crippen LogP contribution is 2.32. The number of hydrazine groups is 1. The molecule has 1 fully saturated rings. The van der Waals surface area contributed by atoms with Crippen molar-refractivity contribution in [3.05, 3.63) is 75.6 Å². The van der Waals surface area contributed by atoms with Crippen LogP contribution in [0.4, 0.5) is 23.0 Å². The number of methoxy groups -OCH3 is 1. The third kappa shape index (κ3) is 4.94.